The van der Waals surface area contributed by atoms with Gasteiger partial charge in [0.05, 0.1) is 6.61 Å². The molecule has 0 aromatic rings. The summed E-state index contributed by atoms with van der Waals surface area (Å²) in [6.45, 7) is 1.14. The summed E-state index contributed by atoms with van der Waals surface area (Å²) in [5, 5.41) is 34.9. The van der Waals surface area contributed by atoms with E-state index in [-0.39, 0.29) is 6.42 Å². The summed E-state index contributed by atoms with van der Waals surface area (Å²) in [5.74, 6) is -0.833. The monoisotopic (exact) mass is 402 g/mol. The Morgan fingerprint density at radius 3 is 2.39 bits per heavy atom. The Labute approximate surface area is 163 Å². The normalized spacial score (nSPS) is 27.1. The molecule has 0 spiro atoms. The Bertz CT molecular complexity index is 542. The van der Waals surface area contributed by atoms with E-state index in [0.29, 0.717) is 13.0 Å². The summed E-state index contributed by atoms with van der Waals surface area (Å²) in [4.78, 5) is 24.8. The number of hydrogen-bond donors (Lipinski definition) is 4. The lowest BCUT2D eigenvalue weighted by molar-refractivity contribution is -0.270. The van der Waals surface area contributed by atoms with Crippen LogP contribution < -0.4 is 5.32 Å². The number of aliphatic hydroxyl groups is 3. The lowest BCUT2D eigenvalue weighted by Crippen LogP contribution is -2.64. The minimum absolute atomic E-state index is 0.261. The predicted octanol–water partition coefficient (Wildman–Crippen LogP) is 0.514. The van der Waals surface area contributed by atoms with Crippen LogP contribution in [-0.2, 0) is 19.1 Å². The van der Waals surface area contributed by atoms with Crippen LogP contribution in [0, 0.1) is 0 Å². The average Bonchev–Trinajstić information content (AvgIpc) is 2.65. The first-order valence-electron chi connectivity index (χ1n) is 9.49. The number of carbonyl (C=O) groups is 2. The molecule has 11 heteroatoms. The van der Waals surface area contributed by atoms with Gasteiger partial charge in [-0.15, -0.1) is 0 Å². The quantitative estimate of drug-likeness (QED) is 0.159. The van der Waals surface area contributed by atoms with Gasteiger partial charge in [-0.3, -0.25) is 9.59 Å². The van der Waals surface area contributed by atoms with Crippen molar-refractivity contribution < 1.29 is 34.4 Å². The van der Waals surface area contributed by atoms with Gasteiger partial charge in [0.2, 0.25) is 11.8 Å². The van der Waals surface area contributed by atoms with E-state index in [4.69, 9.17) is 15.0 Å². The van der Waals surface area contributed by atoms with Gasteiger partial charge in [0.25, 0.3) is 0 Å². The number of hydrogen-bond acceptors (Lipinski definition) is 7. The maximum atomic E-state index is 11.3. The third-order valence-corrected chi connectivity index (χ3v) is 4.47. The fourth-order valence-electron chi connectivity index (χ4n) is 3.00. The largest absolute Gasteiger partial charge is 0.394 e. The van der Waals surface area contributed by atoms with E-state index in [1.807, 2.05) is 0 Å². The second-order valence-corrected chi connectivity index (χ2v) is 6.76. The number of amides is 2. The molecule has 0 radical (unpaired) electrons. The first-order valence-corrected chi connectivity index (χ1v) is 9.49. The molecule has 0 unspecified atom stereocenters. The zero-order valence-corrected chi connectivity index (χ0v) is 16.1. The third kappa shape index (κ3) is 8.51. The Morgan fingerprint density at radius 1 is 1.14 bits per heavy atom. The highest BCUT2D eigenvalue weighted by atomic mass is 16.7. The molecule has 0 aromatic carbocycles. The lowest BCUT2D eigenvalue weighted by atomic mass is 9.97. The van der Waals surface area contributed by atoms with Crippen molar-refractivity contribution in [1.82, 2.24) is 5.32 Å². The van der Waals surface area contributed by atoms with E-state index < -0.39 is 49.1 Å². The molecule has 1 heterocycles. The van der Waals surface area contributed by atoms with E-state index in [0.717, 1.165) is 32.1 Å². The van der Waals surface area contributed by atoms with Gasteiger partial charge >= 0.3 is 0 Å². The molecule has 0 aromatic heterocycles. The number of ether oxygens (including phenoxy) is 2. The summed E-state index contributed by atoms with van der Waals surface area (Å²) in [6, 6.07) is -0.927. The lowest BCUT2D eigenvalue weighted by Gasteiger charge is -2.42. The Hall–Kier alpha value is -1.75. The molecule has 0 bridgehead atoms. The Morgan fingerprint density at radius 2 is 1.79 bits per heavy atom. The topological polar surface area (TPSA) is 174 Å². The van der Waals surface area contributed by atoms with Crippen LogP contribution in [0.5, 0.6) is 0 Å². The molecular weight excluding hydrogens is 372 g/mol. The highest BCUT2D eigenvalue weighted by molar-refractivity contribution is 5.76. The molecular formula is C17H30N4O7. The van der Waals surface area contributed by atoms with Gasteiger partial charge in [-0.2, -0.15) is 0 Å². The number of nitrogens with zero attached hydrogens (tertiary/aromatic N) is 3. The van der Waals surface area contributed by atoms with E-state index >= 15 is 0 Å². The molecule has 1 aliphatic rings. The predicted molar refractivity (Wildman–Crippen MR) is 97.8 cm³/mol. The summed E-state index contributed by atoms with van der Waals surface area (Å²) in [7, 11) is 0. The Balaban J connectivity index is 2.26. The molecule has 160 valence electrons. The maximum Gasteiger partial charge on any atom is 0.218 e. The minimum Gasteiger partial charge on any atom is -0.394 e. The van der Waals surface area contributed by atoms with E-state index in [9.17, 15) is 24.9 Å². The molecule has 11 nitrogen and oxygen atoms in total. The fraction of sp³-hybridized carbons (Fsp3) is 0.882. The fourth-order valence-corrected chi connectivity index (χ4v) is 3.00. The molecule has 1 rings (SSSR count). The number of rotatable bonds is 12. The van der Waals surface area contributed by atoms with Gasteiger partial charge in [0.15, 0.2) is 6.29 Å². The summed E-state index contributed by atoms with van der Waals surface area (Å²) in [6.07, 6.45) is 0.720. The Kier molecular flexibility index (Phi) is 11.7. The first kappa shape index (κ1) is 24.3. The van der Waals surface area contributed by atoms with Gasteiger partial charge < -0.3 is 30.1 Å². The van der Waals surface area contributed by atoms with E-state index in [1.54, 1.807) is 0 Å². The molecule has 5 atom stereocenters. The van der Waals surface area contributed by atoms with Gasteiger partial charge in [-0.1, -0.05) is 25.7 Å². The van der Waals surface area contributed by atoms with Crippen LogP contribution in [0.4, 0.5) is 0 Å². The maximum absolute atomic E-state index is 11.3. The van der Waals surface area contributed by atoms with Crippen molar-refractivity contribution in [3.8, 4) is 0 Å². The molecule has 1 saturated heterocycles. The van der Waals surface area contributed by atoms with Crippen LogP contribution in [0.25, 0.3) is 10.4 Å². The smallest absolute Gasteiger partial charge is 0.218 e. The van der Waals surface area contributed by atoms with Gasteiger partial charge in [0, 0.05) is 24.9 Å². The summed E-state index contributed by atoms with van der Waals surface area (Å²) >= 11 is 0. The van der Waals surface area contributed by atoms with Crippen LogP contribution in [0.3, 0.4) is 0 Å². The number of aliphatic hydroxyl groups excluding tert-OH is 3. The van der Waals surface area contributed by atoms with Crippen molar-refractivity contribution >= 4 is 11.8 Å². The van der Waals surface area contributed by atoms with Crippen molar-refractivity contribution in [3.05, 3.63) is 10.4 Å². The van der Waals surface area contributed by atoms with Crippen LogP contribution in [0.1, 0.15) is 51.9 Å². The average molecular weight is 402 g/mol. The van der Waals surface area contributed by atoms with Crippen LogP contribution in [-0.4, -0.2) is 71.0 Å². The number of nitrogens with one attached hydrogen (secondary N) is 1. The zero-order valence-electron chi connectivity index (χ0n) is 16.1. The molecule has 28 heavy (non-hydrogen) atoms. The van der Waals surface area contributed by atoms with Crippen molar-refractivity contribution in [2.24, 2.45) is 5.11 Å². The molecule has 1 fully saturated rings. The number of azide groups is 1. The molecule has 1 aliphatic heterocycles. The van der Waals surface area contributed by atoms with E-state index in [1.165, 1.54) is 6.92 Å². The molecule has 0 saturated carbocycles. The highest BCUT2D eigenvalue weighted by Crippen LogP contribution is 2.22. The first-order chi connectivity index (χ1) is 13.4. The van der Waals surface area contributed by atoms with Gasteiger partial charge in [-0.05, 0) is 23.5 Å². The van der Waals surface area contributed by atoms with Crippen molar-refractivity contribution in [2.75, 3.05) is 13.2 Å². The summed E-state index contributed by atoms with van der Waals surface area (Å²) in [5.41, 5.74) is 8.13. The van der Waals surface area contributed by atoms with E-state index in [2.05, 4.69) is 15.3 Å². The van der Waals surface area contributed by atoms with Crippen molar-refractivity contribution in [3.63, 3.8) is 0 Å². The second-order valence-electron chi connectivity index (χ2n) is 6.76. The number of unbranched alkanes of at least 4 members (excludes halogenated alkanes) is 5. The second kappa shape index (κ2) is 13.4. The molecule has 4 N–H and O–H groups in total. The van der Waals surface area contributed by atoms with Gasteiger partial charge in [0.1, 0.15) is 24.4 Å². The van der Waals surface area contributed by atoms with Gasteiger partial charge in [-0.25, -0.2) is 0 Å². The van der Waals surface area contributed by atoms with Crippen LogP contribution >= 0.6 is 0 Å². The standard InChI is InChI=1S/C17H30N4O7/c1-11(23)19-14-16(26)15(25)12(10-22)28-17(14)27-9-7-5-3-2-4-6-8-13(24)20-21-18/h12,14-17,22,25-26H,2-10H2,1H3,(H,19,23)/t12-,14-,15+,16-,17-/m1/s1. The molecule has 0 aliphatic carbocycles. The number of carbonyl (C=O) groups excluding carboxylic acids is 2. The SMILES string of the molecule is CC(=O)N[C@H]1[C@H](OCCCCCCCCC(=O)N=[N+]=[N-])O[C@H](CO)[C@H](O)[C@@H]1O. The third-order valence-electron chi connectivity index (χ3n) is 4.47. The zero-order chi connectivity index (χ0) is 20.9. The van der Waals surface area contributed by atoms with Crippen molar-refractivity contribution in [1.29, 1.82) is 0 Å². The molecule has 2 amide bonds. The van der Waals surface area contributed by atoms with Crippen LogP contribution in [0.15, 0.2) is 5.11 Å². The van der Waals surface area contributed by atoms with Crippen LogP contribution in [0.2, 0.25) is 0 Å². The summed E-state index contributed by atoms with van der Waals surface area (Å²) < 4.78 is 11.1. The minimum atomic E-state index is -1.33. The highest BCUT2D eigenvalue weighted by Gasteiger charge is 2.45. The van der Waals surface area contributed by atoms with Crippen molar-refractivity contribution in [2.45, 2.75) is 82.5 Å².